The van der Waals surface area contributed by atoms with Gasteiger partial charge in [-0.25, -0.2) is 4.98 Å². The van der Waals surface area contributed by atoms with Crippen molar-refractivity contribution in [3.63, 3.8) is 0 Å². The SMILES string of the molecule is Cc1nc2ccc(C(F)(F)F)cn2c1CCN. The highest BCUT2D eigenvalue weighted by molar-refractivity contribution is 5.45. The molecule has 0 aromatic carbocycles. The number of imidazole rings is 1. The number of aryl methyl sites for hydroxylation is 1. The largest absolute Gasteiger partial charge is 0.417 e. The molecule has 6 heteroatoms. The molecular weight excluding hydrogens is 231 g/mol. The predicted octanol–water partition coefficient (Wildman–Crippen LogP) is 2.16. The fourth-order valence-corrected chi connectivity index (χ4v) is 1.82. The maximum atomic E-state index is 12.6. The number of hydrogen-bond acceptors (Lipinski definition) is 2. The lowest BCUT2D eigenvalue weighted by Crippen LogP contribution is -2.09. The molecule has 0 bridgehead atoms. The van der Waals surface area contributed by atoms with E-state index in [1.165, 1.54) is 10.5 Å². The summed E-state index contributed by atoms with van der Waals surface area (Å²) in [7, 11) is 0. The molecule has 0 aliphatic carbocycles. The highest BCUT2D eigenvalue weighted by Gasteiger charge is 2.31. The molecule has 17 heavy (non-hydrogen) atoms. The monoisotopic (exact) mass is 243 g/mol. The third-order valence-corrected chi connectivity index (χ3v) is 2.63. The van der Waals surface area contributed by atoms with Crippen LogP contribution in [0.25, 0.3) is 5.65 Å². The summed E-state index contributed by atoms with van der Waals surface area (Å²) in [6.45, 7) is 2.15. The zero-order chi connectivity index (χ0) is 12.6. The minimum atomic E-state index is -4.34. The van der Waals surface area contributed by atoms with Crippen LogP contribution < -0.4 is 5.73 Å². The molecule has 0 fully saturated rings. The van der Waals surface area contributed by atoms with Gasteiger partial charge in [0.25, 0.3) is 0 Å². The lowest BCUT2D eigenvalue weighted by Gasteiger charge is -2.08. The Kier molecular flexibility index (Phi) is 2.82. The van der Waals surface area contributed by atoms with E-state index in [0.29, 0.717) is 18.6 Å². The molecule has 0 atom stereocenters. The number of nitrogens with zero attached hydrogens (tertiary/aromatic N) is 2. The maximum Gasteiger partial charge on any atom is 0.417 e. The van der Waals surface area contributed by atoms with Gasteiger partial charge in [-0.15, -0.1) is 0 Å². The van der Waals surface area contributed by atoms with Crippen LogP contribution in [-0.2, 0) is 12.6 Å². The van der Waals surface area contributed by atoms with Crippen molar-refractivity contribution in [3.8, 4) is 0 Å². The fourth-order valence-electron chi connectivity index (χ4n) is 1.82. The second kappa shape index (κ2) is 4.03. The van der Waals surface area contributed by atoms with Gasteiger partial charge in [0.2, 0.25) is 0 Å². The van der Waals surface area contributed by atoms with Gasteiger partial charge in [-0.2, -0.15) is 13.2 Å². The molecule has 3 nitrogen and oxygen atoms in total. The summed E-state index contributed by atoms with van der Waals surface area (Å²) in [5.41, 5.74) is 6.72. The Bertz CT molecular complexity index is 543. The van der Waals surface area contributed by atoms with Crippen molar-refractivity contribution in [2.24, 2.45) is 5.73 Å². The van der Waals surface area contributed by atoms with E-state index in [9.17, 15) is 13.2 Å². The standard InChI is InChI=1S/C11H12F3N3/c1-7-9(4-5-15)17-6-8(11(12,13)14)2-3-10(17)16-7/h2-3,6H,4-5,15H2,1H3. The molecule has 92 valence electrons. The molecule has 0 saturated heterocycles. The van der Waals surface area contributed by atoms with Crippen LogP contribution in [0.2, 0.25) is 0 Å². The molecule has 0 aliphatic heterocycles. The van der Waals surface area contributed by atoms with Crippen molar-refractivity contribution in [1.82, 2.24) is 9.38 Å². The van der Waals surface area contributed by atoms with Gasteiger partial charge in [0.1, 0.15) is 5.65 Å². The van der Waals surface area contributed by atoms with Crippen molar-refractivity contribution in [2.75, 3.05) is 6.54 Å². The van der Waals surface area contributed by atoms with Crippen molar-refractivity contribution >= 4 is 5.65 Å². The van der Waals surface area contributed by atoms with Gasteiger partial charge in [0.15, 0.2) is 0 Å². The normalized spacial score (nSPS) is 12.3. The number of halogens is 3. The first-order valence-electron chi connectivity index (χ1n) is 5.18. The second-order valence-corrected chi connectivity index (χ2v) is 3.83. The maximum absolute atomic E-state index is 12.6. The average molecular weight is 243 g/mol. The number of rotatable bonds is 2. The summed E-state index contributed by atoms with van der Waals surface area (Å²) < 4.78 is 39.2. The van der Waals surface area contributed by atoms with E-state index in [4.69, 9.17) is 5.73 Å². The van der Waals surface area contributed by atoms with Gasteiger partial charge in [-0.3, -0.25) is 0 Å². The zero-order valence-electron chi connectivity index (χ0n) is 9.25. The molecule has 2 heterocycles. The van der Waals surface area contributed by atoms with Crippen LogP contribution in [0.3, 0.4) is 0 Å². The van der Waals surface area contributed by atoms with E-state index >= 15 is 0 Å². The number of pyridine rings is 1. The van der Waals surface area contributed by atoms with Crippen LogP contribution in [0, 0.1) is 6.92 Å². The lowest BCUT2D eigenvalue weighted by atomic mass is 10.2. The smallest absolute Gasteiger partial charge is 0.330 e. The minimum absolute atomic E-state index is 0.380. The molecule has 2 aromatic heterocycles. The molecule has 0 spiro atoms. The van der Waals surface area contributed by atoms with Crippen LogP contribution in [0.4, 0.5) is 13.2 Å². The molecule has 0 saturated carbocycles. The first-order chi connectivity index (χ1) is 7.93. The zero-order valence-corrected chi connectivity index (χ0v) is 9.25. The summed E-state index contributed by atoms with van der Waals surface area (Å²) in [5.74, 6) is 0. The summed E-state index contributed by atoms with van der Waals surface area (Å²) in [6, 6.07) is 2.41. The van der Waals surface area contributed by atoms with E-state index in [0.717, 1.165) is 23.7 Å². The van der Waals surface area contributed by atoms with E-state index in [-0.39, 0.29) is 0 Å². The lowest BCUT2D eigenvalue weighted by molar-refractivity contribution is -0.137. The fraction of sp³-hybridized carbons (Fsp3) is 0.364. The van der Waals surface area contributed by atoms with Crippen LogP contribution in [0.15, 0.2) is 18.3 Å². The van der Waals surface area contributed by atoms with Crippen molar-refractivity contribution in [3.05, 3.63) is 35.3 Å². The van der Waals surface area contributed by atoms with Crippen molar-refractivity contribution in [1.29, 1.82) is 0 Å². The Hall–Kier alpha value is -1.56. The van der Waals surface area contributed by atoms with Gasteiger partial charge >= 0.3 is 6.18 Å². The van der Waals surface area contributed by atoms with Gasteiger partial charge in [0, 0.05) is 18.3 Å². The number of alkyl halides is 3. The Morgan fingerprint density at radius 3 is 2.65 bits per heavy atom. The first-order valence-corrected chi connectivity index (χ1v) is 5.18. The highest BCUT2D eigenvalue weighted by Crippen LogP contribution is 2.29. The summed E-state index contributed by atoms with van der Waals surface area (Å²) >= 11 is 0. The minimum Gasteiger partial charge on any atom is -0.330 e. The average Bonchev–Trinajstić information content (AvgIpc) is 2.54. The summed E-state index contributed by atoms with van der Waals surface area (Å²) in [6.07, 6.45) is -2.76. The highest BCUT2D eigenvalue weighted by atomic mass is 19.4. The van der Waals surface area contributed by atoms with Crippen LogP contribution in [0.1, 0.15) is 17.0 Å². The third kappa shape index (κ3) is 2.12. The van der Waals surface area contributed by atoms with Gasteiger partial charge in [0.05, 0.1) is 11.3 Å². The predicted molar refractivity (Wildman–Crippen MR) is 57.7 cm³/mol. The Balaban J connectivity index is 2.62. The Labute approximate surface area is 96.1 Å². The Morgan fingerprint density at radius 2 is 2.06 bits per heavy atom. The van der Waals surface area contributed by atoms with Gasteiger partial charge in [-0.05, 0) is 25.6 Å². The first kappa shape index (κ1) is 11.9. The van der Waals surface area contributed by atoms with Crippen molar-refractivity contribution in [2.45, 2.75) is 19.5 Å². The van der Waals surface area contributed by atoms with Gasteiger partial charge in [-0.1, -0.05) is 0 Å². The molecule has 0 unspecified atom stereocenters. The third-order valence-electron chi connectivity index (χ3n) is 2.63. The summed E-state index contributed by atoms with van der Waals surface area (Å²) in [4.78, 5) is 4.19. The number of hydrogen-bond donors (Lipinski definition) is 1. The molecule has 2 N–H and O–H groups in total. The Morgan fingerprint density at radius 1 is 1.35 bits per heavy atom. The van der Waals surface area contributed by atoms with E-state index in [1.807, 2.05) is 0 Å². The number of nitrogens with two attached hydrogens (primary N) is 1. The van der Waals surface area contributed by atoms with Crippen LogP contribution in [-0.4, -0.2) is 15.9 Å². The summed E-state index contributed by atoms with van der Waals surface area (Å²) in [5, 5.41) is 0. The number of aromatic nitrogens is 2. The van der Waals surface area contributed by atoms with E-state index in [1.54, 1.807) is 6.92 Å². The van der Waals surface area contributed by atoms with Crippen LogP contribution >= 0.6 is 0 Å². The second-order valence-electron chi connectivity index (χ2n) is 3.83. The van der Waals surface area contributed by atoms with Gasteiger partial charge < -0.3 is 10.1 Å². The molecular formula is C11H12F3N3. The molecule has 2 aromatic rings. The molecule has 0 amide bonds. The number of fused-ring (bicyclic) bond motifs is 1. The molecule has 2 rings (SSSR count). The van der Waals surface area contributed by atoms with Crippen molar-refractivity contribution < 1.29 is 13.2 Å². The quantitative estimate of drug-likeness (QED) is 0.878. The molecule has 0 aliphatic rings. The topological polar surface area (TPSA) is 43.3 Å². The van der Waals surface area contributed by atoms with E-state index in [2.05, 4.69) is 4.98 Å². The molecule has 0 radical (unpaired) electrons. The van der Waals surface area contributed by atoms with Crippen LogP contribution in [0.5, 0.6) is 0 Å². The van der Waals surface area contributed by atoms with E-state index < -0.39 is 11.7 Å².